The SMILES string of the molecule is COC(=O)N1CC2(CC(CN3CCC(c4ccc5c(c4)n(C)c(=O)n5C4CCC(=O)NC4=O)CC3)C2)C1. The molecule has 1 saturated carbocycles. The number of rotatable bonds is 4. The maximum absolute atomic E-state index is 13.0. The van der Waals surface area contributed by atoms with Gasteiger partial charge in [0, 0.05) is 38.5 Å². The number of nitrogens with zero attached hydrogens (tertiary/aromatic N) is 4. The summed E-state index contributed by atoms with van der Waals surface area (Å²) in [7, 11) is 3.19. The number of imide groups is 1. The third kappa shape index (κ3) is 4.15. The molecule has 3 aliphatic heterocycles. The van der Waals surface area contributed by atoms with E-state index in [-0.39, 0.29) is 24.1 Å². The van der Waals surface area contributed by atoms with Gasteiger partial charge in [0.05, 0.1) is 18.1 Å². The van der Waals surface area contributed by atoms with E-state index >= 15 is 0 Å². The van der Waals surface area contributed by atoms with Crippen LogP contribution in [0.1, 0.15) is 56.0 Å². The molecule has 3 amide bonds. The van der Waals surface area contributed by atoms with Crippen molar-refractivity contribution in [3.8, 4) is 0 Å². The van der Waals surface area contributed by atoms with Gasteiger partial charge in [-0.1, -0.05) is 6.07 Å². The molecule has 4 fully saturated rings. The largest absolute Gasteiger partial charge is 0.453 e. The standard InChI is InChI=1S/C27H35N5O5/c1-29-22-11-19(3-4-20(22)32(25(29)35)21-5-6-23(33)28-24(21)34)18-7-9-30(10-8-18)14-17-12-27(13-17)15-31(16-27)26(36)37-2/h3-4,11,17-18,21H,5-10,12-16H2,1-2H3,(H,28,33,34). The van der Waals surface area contributed by atoms with Gasteiger partial charge >= 0.3 is 11.8 Å². The summed E-state index contributed by atoms with van der Waals surface area (Å²) in [6.07, 6.45) is 4.95. The molecule has 3 saturated heterocycles. The molecule has 0 bridgehead atoms. The summed E-state index contributed by atoms with van der Waals surface area (Å²) in [5.74, 6) is 0.475. The first-order valence-electron chi connectivity index (χ1n) is 13.4. The molecule has 1 N–H and O–H groups in total. The van der Waals surface area contributed by atoms with E-state index in [9.17, 15) is 19.2 Å². The minimum atomic E-state index is -0.655. The van der Waals surface area contributed by atoms with Crippen molar-refractivity contribution >= 4 is 28.9 Å². The van der Waals surface area contributed by atoms with E-state index in [1.54, 1.807) is 21.1 Å². The smallest absolute Gasteiger partial charge is 0.409 e. The number of carbonyl (C=O) groups is 3. The summed E-state index contributed by atoms with van der Waals surface area (Å²) in [5, 5.41) is 2.37. The van der Waals surface area contributed by atoms with Crippen molar-refractivity contribution in [2.45, 2.75) is 50.5 Å². The van der Waals surface area contributed by atoms with E-state index in [0.29, 0.717) is 23.7 Å². The second-order valence-electron chi connectivity index (χ2n) is 11.6. The fourth-order valence-corrected chi connectivity index (χ4v) is 7.25. The molecule has 6 rings (SSSR count). The topological polar surface area (TPSA) is 106 Å². The monoisotopic (exact) mass is 509 g/mol. The van der Waals surface area contributed by atoms with Crippen molar-refractivity contribution in [1.29, 1.82) is 0 Å². The van der Waals surface area contributed by atoms with Gasteiger partial charge < -0.3 is 14.5 Å². The Hall–Kier alpha value is -3.14. The number of fused-ring (bicyclic) bond motifs is 1. The molecular formula is C27H35N5O5. The number of aryl methyl sites for hydroxylation is 1. The summed E-state index contributed by atoms with van der Waals surface area (Å²) in [4.78, 5) is 53.1. The van der Waals surface area contributed by atoms with E-state index in [4.69, 9.17) is 4.74 Å². The van der Waals surface area contributed by atoms with Crippen LogP contribution in [0.3, 0.4) is 0 Å². The fourth-order valence-electron chi connectivity index (χ4n) is 7.25. The van der Waals surface area contributed by atoms with E-state index in [1.807, 2.05) is 6.07 Å². The molecule has 10 heteroatoms. The summed E-state index contributed by atoms with van der Waals surface area (Å²) < 4.78 is 7.98. The van der Waals surface area contributed by atoms with Gasteiger partial charge in [-0.25, -0.2) is 9.59 Å². The third-order valence-corrected chi connectivity index (χ3v) is 9.14. The van der Waals surface area contributed by atoms with Crippen LogP contribution in [0.4, 0.5) is 4.79 Å². The molecule has 0 radical (unpaired) electrons. The lowest BCUT2D eigenvalue weighted by Crippen LogP contribution is -2.64. The Morgan fingerprint density at radius 3 is 2.49 bits per heavy atom. The van der Waals surface area contributed by atoms with Gasteiger partial charge in [0.15, 0.2) is 0 Å². The molecule has 1 spiro atoms. The Morgan fingerprint density at radius 1 is 1.08 bits per heavy atom. The number of piperidine rings is 2. The second-order valence-corrected chi connectivity index (χ2v) is 11.6. The zero-order valence-corrected chi connectivity index (χ0v) is 21.6. The van der Waals surface area contributed by atoms with Crippen molar-refractivity contribution in [3.05, 3.63) is 34.2 Å². The van der Waals surface area contributed by atoms with Gasteiger partial charge in [0.25, 0.3) is 0 Å². The van der Waals surface area contributed by atoms with E-state index in [2.05, 4.69) is 22.3 Å². The lowest BCUT2D eigenvalue weighted by Gasteiger charge is -2.59. The van der Waals surface area contributed by atoms with Crippen LogP contribution >= 0.6 is 0 Å². The maximum atomic E-state index is 13.0. The van der Waals surface area contributed by atoms with Crippen molar-refractivity contribution < 1.29 is 19.1 Å². The molecule has 1 atom stereocenters. The highest BCUT2D eigenvalue weighted by Gasteiger charge is 2.54. The molecule has 4 aliphatic rings. The van der Waals surface area contributed by atoms with Crippen LogP contribution in [0.15, 0.2) is 23.0 Å². The minimum Gasteiger partial charge on any atom is -0.453 e. The summed E-state index contributed by atoms with van der Waals surface area (Å²) in [6.45, 7) is 4.95. The number of amides is 3. The number of ether oxygens (including phenoxy) is 1. The highest BCUT2D eigenvalue weighted by molar-refractivity contribution is 6.00. The Bertz CT molecular complexity index is 1310. The fraction of sp³-hybridized carbons (Fsp3) is 0.630. The number of carbonyl (C=O) groups excluding carboxylic acids is 3. The number of methoxy groups -OCH3 is 1. The Morgan fingerprint density at radius 2 is 1.81 bits per heavy atom. The molecule has 1 aliphatic carbocycles. The van der Waals surface area contributed by atoms with Gasteiger partial charge in [0.1, 0.15) is 6.04 Å². The first-order valence-corrected chi connectivity index (χ1v) is 13.4. The Kier molecular flexibility index (Phi) is 5.89. The number of benzene rings is 1. The van der Waals surface area contributed by atoms with E-state index in [0.717, 1.165) is 56.6 Å². The lowest BCUT2D eigenvalue weighted by molar-refractivity contribution is -0.135. The molecule has 10 nitrogen and oxygen atoms in total. The van der Waals surface area contributed by atoms with Gasteiger partial charge in [-0.05, 0) is 74.7 Å². The summed E-state index contributed by atoms with van der Waals surface area (Å²) in [6, 6.07) is 5.52. The van der Waals surface area contributed by atoms with Crippen LogP contribution in [-0.2, 0) is 21.4 Å². The highest BCUT2D eigenvalue weighted by atomic mass is 16.5. The quantitative estimate of drug-likeness (QED) is 0.632. The molecule has 37 heavy (non-hydrogen) atoms. The Balaban J connectivity index is 1.07. The predicted octanol–water partition coefficient (Wildman–Crippen LogP) is 1.98. The van der Waals surface area contributed by atoms with E-state index < -0.39 is 11.9 Å². The molecule has 2 aromatic rings. The van der Waals surface area contributed by atoms with Gasteiger partial charge in [-0.15, -0.1) is 0 Å². The van der Waals surface area contributed by atoms with E-state index in [1.165, 1.54) is 25.5 Å². The molecular weight excluding hydrogens is 474 g/mol. The van der Waals surface area contributed by atoms with Crippen LogP contribution < -0.4 is 11.0 Å². The van der Waals surface area contributed by atoms with Gasteiger partial charge in [-0.2, -0.15) is 0 Å². The van der Waals surface area contributed by atoms with Crippen molar-refractivity contribution in [1.82, 2.24) is 24.3 Å². The predicted molar refractivity (Wildman–Crippen MR) is 136 cm³/mol. The molecule has 1 aromatic heterocycles. The van der Waals surface area contributed by atoms with Crippen LogP contribution in [0.25, 0.3) is 11.0 Å². The second kappa shape index (κ2) is 9.01. The summed E-state index contributed by atoms with van der Waals surface area (Å²) >= 11 is 0. The Labute approximate surface area is 215 Å². The number of aromatic nitrogens is 2. The average Bonchev–Trinajstić information content (AvgIpc) is 3.09. The van der Waals surface area contributed by atoms with Crippen LogP contribution in [0.2, 0.25) is 0 Å². The maximum Gasteiger partial charge on any atom is 0.409 e. The number of imidazole rings is 1. The number of likely N-dealkylation sites (tertiary alicyclic amines) is 2. The number of nitrogens with one attached hydrogen (secondary N) is 1. The minimum absolute atomic E-state index is 0.207. The van der Waals surface area contributed by atoms with Crippen molar-refractivity contribution in [3.63, 3.8) is 0 Å². The molecule has 198 valence electrons. The lowest BCUT2D eigenvalue weighted by atomic mass is 9.57. The first kappa shape index (κ1) is 24.2. The molecule has 1 unspecified atom stereocenters. The zero-order valence-electron chi connectivity index (χ0n) is 21.6. The van der Waals surface area contributed by atoms with Crippen LogP contribution in [0.5, 0.6) is 0 Å². The van der Waals surface area contributed by atoms with Crippen LogP contribution in [0, 0.1) is 11.3 Å². The first-order chi connectivity index (χ1) is 17.8. The van der Waals surface area contributed by atoms with Crippen molar-refractivity contribution in [2.24, 2.45) is 18.4 Å². The molecule has 1 aromatic carbocycles. The normalized spacial score (nSPS) is 24.7. The average molecular weight is 510 g/mol. The summed E-state index contributed by atoms with van der Waals surface area (Å²) in [5.41, 5.74) is 2.92. The third-order valence-electron chi connectivity index (χ3n) is 9.14. The van der Waals surface area contributed by atoms with Gasteiger partial charge in [-0.3, -0.25) is 24.0 Å². The molecule has 4 heterocycles. The van der Waals surface area contributed by atoms with Crippen LogP contribution in [-0.4, -0.2) is 76.7 Å². The zero-order chi connectivity index (χ0) is 25.9. The van der Waals surface area contributed by atoms with Crippen molar-refractivity contribution in [2.75, 3.05) is 39.8 Å². The van der Waals surface area contributed by atoms with Gasteiger partial charge in [0.2, 0.25) is 11.8 Å². The number of hydrogen-bond acceptors (Lipinski definition) is 6. The highest BCUT2D eigenvalue weighted by Crippen LogP contribution is 2.52. The number of hydrogen-bond donors (Lipinski definition) is 1.